The zero-order chi connectivity index (χ0) is 18.8. The van der Waals surface area contributed by atoms with Crippen molar-refractivity contribution in [2.45, 2.75) is 26.3 Å². The Labute approximate surface area is 155 Å². The van der Waals surface area contributed by atoms with Gasteiger partial charge in [0.15, 0.2) is 0 Å². The molecule has 2 amide bonds. The van der Waals surface area contributed by atoms with E-state index in [9.17, 15) is 9.59 Å². The van der Waals surface area contributed by atoms with E-state index >= 15 is 0 Å². The van der Waals surface area contributed by atoms with Crippen molar-refractivity contribution in [3.63, 3.8) is 0 Å². The van der Waals surface area contributed by atoms with Crippen LogP contribution in [0.15, 0.2) is 54.6 Å². The van der Waals surface area contributed by atoms with E-state index in [2.05, 4.69) is 5.32 Å². The molecule has 26 heavy (non-hydrogen) atoms. The number of carbonyl (C=O) groups is 2. The third kappa shape index (κ3) is 5.70. The van der Waals surface area contributed by atoms with Gasteiger partial charge in [-0.05, 0) is 43.1 Å². The molecular formula is C21H27N3O2. The monoisotopic (exact) mass is 353 g/mol. The molecule has 2 rings (SSSR count). The summed E-state index contributed by atoms with van der Waals surface area (Å²) in [7, 11) is 0. The maximum absolute atomic E-state index is 13.0. The van der Waals surface area contributed by atoms with Crippen LogP contribution in [-0.4, -0.2) is 36.3 Å². The second kappa shape index (κ2) is 10.4. The first kappa shape index (κ1) is 19.7. The molecule has 0 spiro atoms. The summed E-state index contributed by atoms with van der Waals surface area (Å²) in [4.78, 5) is 26.9. The van der Waals surface area contributed by atoms with Crippen LogP contribution >= 0.6 is 0 Å². The van der Waals surface area contributed by atoms with Gasteiger partial charge in [0.1, 0.15) is 0 Å². The molecule has 0 bridgehead atoms. The Balaban J connectivity index is 2.17. The van der Waals surface area contributed by atoms with Crippen LogP contribution in [0.4, 0.5) is 0 Å². The van der Waals surface area contributed by atoms with Crippen molar-refractivity contribution in [1.82, 2.24) is 10.2 Å². The molecule has 2 aromatic rings. The molecule has 0 saturated carbocycles. The van der Waals surface area contributed by atoms with Gasteiger partial charge in [0.05, 0.1) is 0 Å². The first-order chi connectivity index (χ1) is 12.7. The molecule has 2 aromatic carbocycles. The predicted octanol–water partition coefficient (Wildman–Crippen LogP) is 2.82. The van der Waals surface area contributed by atoms with Crippen LogP contribution in [0.2, 0.25) is 0 Å². The molecular weight excluding hydrogens is 326 g/mol. The van der Waals surface area contributed by atoms with E-state index in [-0.39, 0.29) is 11.8 Å². The lowest BCUT2D eigenvalue weighted by atomic mass is 10.1. The van der Waals surface area contributed by atoms with Crippen LogP contribution in [0, 0.1) is 0 Å². The summed E-state index contributed by atoms with van der Waals surface area (Å²) in [6, 6.07) is 16.7. The lowest BCUT2D eigenvalue weighted by molar-refractivity contribution is 0.0742. The summed E-state index contributed by atoms with van der Waals surface area (Å²) in [5.74, 6) is -0.245. The number of amides is 2. The molecule has 0 atom stereocenters. The zero-order valence-electron chi connectivity index (χ0n) is 15.3. The zero-order valence-corrected chi connectivity index (χ0v) is 15.3. The minimum Gasteiger partial charge on any atom is -0.352 e. The van der Waals surface area contributed by atoms with Crippen LogP contribution in [0.5, 0.6) is 0 Å². The van der Waals surface area contributed by atoms with E-state index in [0.29, 0.717) is 37.3 Å². The number of hydrogen-bond donors (Lipinski definition) is 2. The Morgan fingerprint density at radius 3 is 2.46 bits per heavy atom. The van der Waals surface area contributed by atoms with Gasteiger partial charge < -0.3 is 16.0 Å². The number of hydrogen-bond acceptors (Lipinski definition) is 3. The van der Waals surface area contributed by atoms with Gasteiger partial charge in [0, 0.05) is 30.8 Å². The average molecular weight is 353 g/mol. The third-order valence-corrected chi connectivity index (χ3v) is 4.04. The summed E-state index contributed by atoms with van der Waals surface area (Å²) in [5, 5.41) is 2.84. The lowest BCUT2D eigenvalue weighted by Gasteiger charge is -2.23. The Morgan fingerprint density at radius 1 is 1.04 bits per heavy atom. The normalized spacial score (nSPS) is 10.4. The number of benzene rings is 2. The van der Waals surface area contributed by atoms with Crippen molar-refractivity contribution >= 4 is 11.8 Å². The summed E-state index contributed by atoms with van der Waals surface area (Å²) in [6.07, 6.45) is 1.60. The second-order valence-electron chi connectivity index (χ2n) is 6.19. The molecule has 138 valence electrons. The minimum atomic E-state index is -0.155. The van der Waals surface area contributed by atoms with Crippen LogP contribution in [-0.2, 0) is 6.54 Å². The highest BCUT2D eigenvalue weighted by Gasteiger charge is 2.17. The molecule has 0 unspecified atom stereocenters. The molecule has 0 heterocycles. The van der Waals surface area contributed by atoms with Crippen LogP contribution in [0.1, 0.15) is 46.0 Å². The number of rotatable bonds is 9. The van der Waals surface area contributed by atoms with Crippen molar-refractivity contribution in [3.8, 4) is 0 Å². The molecule has 0 aliphatic heterocycles. The molecule has 0 radical (unpaired) electrons. The van der Waals surface area contributed by atoms with Crippen LogP contribution in [0.25, 0.3) is 0 Å². The molecule has 0 aromatic heterocycles. The van der Waals surface area contributed by atoms with Crippen LogP contribution < -0.4 is 11.1 Å². The highest BCUT2D eigenvalue weighted by molar-refractivity contribution is 5.99. The van der Waals surface area contributed by atoms with Gasteiger partial charge in [-0.15, -0.1) is 0 Å². The van der Waals surface area contributed by atoms with Crippen molar-refractivity contribution in [2.75, 3.05) is 19.6 Å². The SMILES string of the molecule is CCCNC(=O)c1cccc(C(=O)N(CCCN)Cc2ccccc2)c1. The van der Waals surface area contributed by atoms with Gasteiger partial charge in [0.25, 0.3) is 11.8 Å². The first-order valence-electron chi connectivity index (χ1n) is 9.07. The maximum atomic E-state index is 13.0. The van der Waals surface area contributed by atoms with E-state index < -0.39 is 0 Å². The standard InChI is InChI=1S/C21H27N3O2/c1-2-13-23-20(25)18-10-6-11-19(15-18)21(26)24(14-7-12-22)16-17-8-4-3-5-9-17/h3-6,8-11,15H,2,7,12-14,16,22H2,1H3,(H,23,25). The molecule has 0 saturated heterocycles. The van der Waals surface area contributed by atoms with E-state index in [0.717, 1.165) is 18.4 Å². The topological polar surface area (TPSA) is 75.4 Å². The molecule has 5 heteroatoms. The quantitative estimate of drug-likeness (QED) is 0.728. The van der Waals surface area contributed by atoms with Crippen molar-refractivity contribution in [2.24, 2.45) is 5.73 Å². The summed E-state index contributed by atoms with van der Waals surface area (Å²) < 4.78 is 0. The fourth-order valence-corrected chi connectivity index (χ4v) is 2.65. The maximum Gasteiger partial charge on any atom is 0.254 e. The molecule has 0 aliphatic carbocycles. The molecule has 5 nitrogen and oxygen atoms in total. The Kier molecular flexibility index (Phi) is 7.83. The van der Waals surface area contributed by atoms with Gasteiger partial charge >= 0.3 is 0 Å². The van der Waals surface area contributed by atoms with Crippen molar-refractivity contribution < 1.29 is 9.59 Å². The highest BCUT2D eigenvalue weighted by Crippen LogP contribution is 2.13. The van der Waals surface area contributed by atoms with E-state index in [1.165, 1.54) is 0 Å². The average Bonchev–Trinajstić information content (AvgIpc) is 2.69. The fourth-order valence-electron chi connectivity index (χ4n) is 2.65. The van der Waals surface area contributed by atoms with E-state index in [1.807, 2.05) is 37.3 Å². The first-order valence-corrected chi connectivity index (χ1v) is 9.07. The Morgan fingerprint density at radius 2 is 1.77 bits per heavy atom. The van der Waals surface area contributed by atoms with Gasteiger partial charge in [0.2, 0.25) is 0 Å². The van der Waals surface area contributed by atoms with E-state index in [4.69, 9.17) is 5.73 Å². The van der Waals surface area contributed by atoms with Crippen molar-refractivity contribution in [3.05, 3.63) is 71.3 Å². The highest BCUT2D eigenvalue weighted by atomic mass is 16.2. The third-order valence-electron chi connectivity index (χ3n) is 4.04. The van der Waals surface area contributed by atoms with Crippen LogP contribution in [0.3, 0.4) is 0 Å². The number of nitrogens with zero attached hydrogens (tertiary/aromatic N) is 1. The van der Waals surface area contributed by atoms with Gasteiger partial charge in [-0.25, -0.2) is 0 Å². The number of carbonyl (C=O) groups excluding carboxylic acids is 2. The molecule has 0 aliphatic rings. The van der Waals surface area contributed by atoms with Gasteiger partial charge in [-0.3, -0.25) is 9.59 Å². The summed E-state index contributed by atoms with van der Waals surface area (Å²) in [6.45, 7) is 4.24. The molecule has 0 fully saturated rings. The molecule has 3 N–H and O–H groups in total. The second-order valence-corrected chi connectivity index (χ2v) is 6.19. The minimum absolute atomic E-state index is 0.0903. The van der Waals surface area contributed by atoms with Crippen molar-refractivity contribution in [1.29, 1.82) is 0 Å². The predicted molar refractivity (Wildman–Crippen MR) is 104 cm³/mol. The summed E-state index contributed by atoms with van der Waals surface area (Å²) in [5.41, 5.74) is 7.71. The fraction of sp³-hybridized carbons (Fsp3) is 0.333. The number of nitrogens with two attached hydrogens (primary N) is 1. The smallest absolute Gasteiger partial charge is 0.254 e. The summed E-state index contributed by atoms with van der Waals surface area (Å²) >= 11 is 0. The van der Waals surface area contributed by atoms with Gasteiger partial charge in [-0.2, -0.15) is 0 Å². The Bertz CT molecular complexity index is 716. The number of nitrogens with one attached hydrogen (secondary N) is 1. The van der Waals surface area contributed by atoms with E-state index in [1.54, 1.807) is 29.2 Å². The largest absolute Gasteiger partial charge is 0.352 e. The Hall–Kier alpha value is -2.66. The lowest BCUT2D eigenvalue weighted by Crippen LogP contribution is -2.33. The van der Waals surface area contributed by atoms with Gasteiger partial charge in [-0.1, -0.05) is 43.3 Å².